The van der Waals surface area contributed by atoms with Crippen molar-refractivity contribution in [3.63, 3.8) is 0 Å². The molecule has 0 aliphatic carbocycles. The van der Waals surface area contributed by atoms with E-state index in [0.29, 0.717) is 15.0 Å². The number of rotatable bonds is 2. The Bertz CT molecular complexity index is 55.0. The zero-order chi connectivity index (χ0) is 4.83. The van der Waals surface area contributed by atoms with Crippen molar-refractivity contribution in [1.29, 1.82) is 0 Å². The van der Waals surface area contributed by atoms with Crippen LogP contribution in [0.4, 0.5) is 0 Å². The van der Waals surface area contributed by atoms with Crippen molar-refractivity contribution in [2.45, 2.75) is 5.82 Å². The quantitative estimate of drug-likeness (QED) is 0.409. The minimum absolute atomic E-state index is 0.675. The number of hydrogen-bond acceptors (Lipinski definition) is 0. The Kier molecular flexibility index (Phi) is 5.00. The molecule has 0 spiro atoms. The molecule has 0 saturated carbocycles. The molecule has 1 heteroatoms. The predicted octanol–water partition coefficient (Wildman–Crippen LogP) is 1.44. The van der Waals surface area contributed by atoms with Crippen LogP contribution in [0.15, 0.2) is 23.7 Å². The van der Waals surface area contributed by atoms with Crippen LogP contribution in [-0.2, 0) is 0 Å². The maximum absolute atomic E-state index is 3.52. The molecule has 0 aromatic heterocycles. The van der Waals surface area contributed by atoms with Gasteiger partial charge >= 0.3 is 44.5 Å². The first-order chi connectivity index (χ1) is 2.91. The van der Waals surface area contributed by atoms with Crippen molar-refractivity contribution in [1.82, 2.24) is 0 Å². The van der Waals surface area contributed by atoms with Crippen molar-refractivity contribution in [3.05, 3.63) is 23.7 Å². The Morgan fingerprint density at radius 3 is 2.50 bits per heavy atom. The van der Waals surface area contributed by atoms with Crippen LogP contribution in [0.3, 0.4) is 0 Å². The molecular weight excluding hydrogens is 139 g/mol. The molecule has 0 bridgehead atoms. The van der Waals surface area contributed by atoms with E-state index in [2.05, 4.69) is 17.4 Å². The maximum atomic E-state index is 3.52. The van der Waals surface area contributed by atoms with Crippen LogP contribution >= 0.6 is 0 Å². The average molecular weight is 147 g/mol. The molecule has 0 amide bonds. The van der Waals surface area contributed by atoms with Gasteiger partial charge < -0.3 is 0 Å². The van der Waals surface area contributed by atoms with Crippen LogP contribution in [0.5, 0.6) is 0 Å². The normalized spacial score (nSPS) is 9.50. The van der Waals surface area contributed by atoms with E-state index in [1.54, 1.807) is 6.08 Å². The Morgan fingerprint density at radius 2 is 2.33 bits per heavy atom. The molecule has 0 fully saturated rings. The van der Waals surface area contributed by atoms with E-state index in [0.717, 1.165) is 0 Å². The number of allylic oxidation sites excluding steroid dienone is 2. The second kappa shape index (κ2) is 5.00. The van der Waals surface area contributed by atoms with Crippen LogP contribution in [0.1, 0.15) is 0 Å². The van der Waals surface area contributed by atoms with E-state index in [1.165, 1.54) is 0 Å². The van der Waals surface area contributed by atoms with Gasteiger partial charge in [-0.05, 0) is 0 Å². The third-order valence-corrected chi connectivity index (χ3v) is 1.25. The van der Waals surface area contributed by atoms with Gasteiger partial charge in [-0.15, -0.1) is 0 Å². The van der Waals surface area contributed by atoms with Crippen LogP contribution < -0.4 is 0 Å². The summed E-state index contributed by atoms with van der Waals surface area (Å²) in [6.07, 6.45) is 3.77. The summed E-state index contributed by atoms with van der Waals surface area (Å²) >= 11 is 0.675. The topological polar surface area (TPSA) is 0 Å². The van der Waals surface area contributed by atoms with Crippen LogP contribution in [0.25, 0.3) is 0 Å². The van der Waals surface area contributed by atoms with Gasteiger partial charge in [0.1, 0.15) is 0 Å². The Labute approximate surface area is 45.1 Å². The standard InChI is InChI=1S/C5H8Se/c1-3-4-5-6-2/h3-5H,1H2,2H3/b5-4+. The van der Waals surface area contributed by atoms with E-state index in [9.17, 15) is 0 Å². The van der Waals surface area contributed by atoms with Gasteiger partial charge in [0, 0.05) is 0 Å². The molecular formula is C5H8Se. The van der Waals surface area contributed by atoms with E-state index in [4.69, 9.17) is 0 Å². The van der Waals surface area contributed by atoms with Gasteiger partial charge in [-0.3, -0.25) is 0 Å². The Balaban J connectivity index is 2.94. The second-order valence-electron chi connectivity index (χ2n) is 0.800. The van der Waals surface area contributed by atoms with Crippen LogP contribution in [0.2, 0.25) is 5.82 Å². The Hall–Kier alpha value is -0.000519. The monoisotopic (exact) mass is 148 g/mol. The van der Waals surface area contributed by atoms with Crippen LogP contribution in [-0.4, -0.2) is 15.0 Å². The molecule has 0 nitrogen and oxygen atoms in total. The van der Waals surface area contributed by atoms with Crippen LogP contribution in [0, 0.1) is 0 Å². The van der Waals surface area contributed by atoms with E-state index in [1.807, 2.05) is 6.08 Å². The number of hydrogen-bond donors (Lipinski definition) is 0. The summed E-state index contributed by atoms with van der Waals surface area (Å²) in [5, 5.41) is 0. The zero-order valence-corrected chi connectivity index (χ0v) is 5.56. The molecule has 0 heterocycles. The zero-order valence-electron chi connectivity index (χ0n) is 3.85. The summed E-state index contributed by atoms with van der Waals surface area (Å²) in [5.74, 6) is 2.16. The summed E-state index contributed by atoms with van der Waals surface area (Å²) in [4.78, 5) is 2.12. The first-order valence-corrected chi connectivity index (χ1v) is 4.42. The SMILES string of the molecule is C=C/C=C/[Se]C. The van der Waals surface area contributed by atoms with E-state index < -0.39 is 0 Å². The average Bonchev–Trinajstić information content (AvgIpc) is 1.61. The van der Waals surface area contributed by atoms with E-state index >= 15 is 0 Å². The predicted molar refractivity (Wildman–Crippen MR) is 31.0 cm³/mol. The molecule has 0 aromatic rings. The fraction of sp³-hybridized carbons (Fsp3) is 0.200. The summed E-state index contributed by atoms with van der Waals surface area (Å²) in [7, 11) is 0. The summed E-state index contributed by atoms with van der Waals surface area (Å²) < 4.78 is 0. The van der Waals surface area contributed by atoms with Gasteiger partial charge in [0.25, 0.3) is 0 Å². The third kappa shape index (κ3) is 4.00. The fourth-order valence-corrected chi connectivity index (χ4v) is 0.697. The Morgan fingerprint density at radius 1 is 1.67 bits per heavy atom. The molecule has 0 aliphatic rings. The van der Waals surface area contributed by atoms with Crippen molar-refractivity contribution in [3.8, 4) is 0 Å². The van der Waals surface area contributed by atoms with Crippen molar-refractivity contribution in [2.24, 2.45) is 0 Å². The molecule has 0 rings (SSSR count). The molecule has 0 N–H and O–H groups in total. The summed E-state index contributed by atoms with van der Waals surface area (Å²) in [6, 6.07) is 0. The van der Waals surface area contributed by atoms with Crippen molar-refractivity contribution >= 4 is 15.0 Å². The molecule has 6 heavy (non-hydrogen) atoms. The molecule has 0 unspecified atom stereocenters. The van der Waals surface area contributed by atoms with Gasteiger partial charge in [-0.2, -0.15) is 0 Å². The van der Waals surface area contributed by atoms with E-state index in [-0.39, 0.29) is 0 Å². The molecule has 0 aromatic carbocycles. The minimum atomic E-state index is 0.675. The fourth-order valence-electron chi connectivity index (χ4n) is 0.134. The van der Waals surface area contributed by atoms with Crippen molar-refractivity contribution in [2.75, 3.05) is 0 Å². The van der Waals surface area contributed by atoms with Gasteiger partial charge in [0.15, 0.2) is 0 Å². The first kappa shape index (κ1) is 6.00. The summed E-state index contributed by atoms with van der Waals surface area (Å²) in [5.41, 5.74) is 0. The third-order valence-electron chi connectivity index (χ3n) is 0.351. The first-order valence-electron chi connectivity index (χ1n) is 1.72. The second-order valence-corrected chi connectivity index (χ2v) is 2.36. The van der Waals surface area contributed by atoms with Gasteiger partial charge in [0.2, 0.25) is 0 Å². The molecule has 0 radical (unpaired) electrons. The van der Waals surface area contributed by atoms with Gasteiger partial charge in [-0.1, -0.05) is 0 Å². The summed E-state index contributed by atoms with van der Waals surface area (Å²) in [6.45, 7) is 3.52. The molecule has 0 atom stereocenters. The molecule has 0 saturated heterocycles. The van der Waals surface area contributed by atoms with Gasteiger partial charge in [0.05, 0.1) is 0 Å². The molecule has 0 aliphatic heterocycles. The molecule has 34 valence electrons. The van der Waals surface area contributed by atoms with Crippen molar-refractivity contribution < 1.29 is 0 Å². The van der Waals surface area contributed by atoms with Gasteiger partial charge in [-0.25, -0.2) is 0 Å².